The van der Waals surface area contributed by atoms with Crippen molar-refractivity contribution in [2.75, 3.05) is 0 Å². The Labute approximate surface area is 291 Å². The van der Waals surface area contributed by atoms with E-state index in [0.717, 1.165) is 0 Å². The standard InChI is InChI=1S/C12H17N.C12H18O.C11H14.C4H3F6O.Mo/c2*1-8(2)10-6-5-7-11(9(3)4)12(10)13;1-4-11(2,3)10-8-6-5-7-9-10;1-2(11,3(5,6)7)4(8,9)10;/h5-9H,1-4H3;5-9,13H,1-4H3;2,5-9H,4H2,1,3H3;1H3;/q;;;-1;+2/p-1. The van der Waals surface area contributed by atoms with Crippen molar-refractivity contribution in [2.45, 2.75) is 130 Å². The summed E-state index contributed by atoms with van der Waals surface area (Å²) in [5.41, 5.74) is -2.01. The topological polar surface area (TPSA) is 30.8 Å². The van der Waals surface area contributed by atoms with E-state index in [9.17, 15) is 26.3 Å². The van der Waals surface area contributed by atoms with Crippen LogP contribution in [-0.2, 0) is 25.0 Å². The van der Waals surface area contributed by atoms with E-state index in [4.69, 9.17) is 10.3 Å². The van der Waals surface area contributed by atoms with Crippen LogP contribution in [-0.4, -0.2) is 22.4 Å². The van der Waals surface area contributed by atoms with Crippen molar-refractivity contribution in [1.29, 1.82) is 0 Å². The quantitative estimate of drug-likeness (QED) is 0.136. The zero-order valence-electron chi connectivity index (χ0n) is 30.4. The van der Waals surface area contributed by atoms with Gasteiger partial charge in [0.05, 0.1) is 0 Å². The molecule has 272 valence electrons. The first-order chi connectivity index (χ1) is 22.5. The van der Waals surface area contributed by atoms with Crippen LogP contribution in [0, 0.1) is 0 Å². The molecule has 0 saturated heterocycles. The zero-order chi connectivity index (χ0) is 37.2. The van der Waals surface area contributed by atoms with E-state index in [2.05, 4.69) is 0 Å². The van der Waals surface area contributed by atoms with E-state index in [1.54, 1.807) is 37.3 Å². The number of nitrogens with zero attached hydrogens (tertiary/aromatic N) is 1. The molecule has 0 spiro atoms. The summed E-state index contributed by atoms with van der Waals surface area (Å²) in [5.74, 6) is -0.440. The molecular formula is C39H51F6MoNO2. The van der Waals surface area contributed by atoms with Crippen molar-refractivity contribution in [3.05, 3.63) is 94.5 Å². The Morgan fingerprint density at radius 2 is 1.04 bits per heavy atom. The molecule has 3 aromatic carbocycles. The molecule has 3 aromatic rings. The Morgan fingerprint density at radius 3 is 1.41 bits per heavy atom. The van der Waals surface area contributed by atoms with Crippen LogP contribution in [0.3, 0.4) is 0 Å². The van der Waals surface area contributed by atoms with Gasteiger partial charge < -0.3 is 0 Å². The first kappa shape index (κ1) is 40.8. The Hall–Kier alpha value is -2.64. The van der Waals surface area contributed by atoms with Crippen LogP contribution in [0.4, 0.5) is 32.0 Å². The Balaban J connectivity index is 2.80. The van der Waals surface area contributed by atoms with Crippen molar-refractivity contribution in [3.8, 4) is 5.75 Å². The molecule has 0 heterocycles. The van der Waals surface area contributed by atoms with Crippen LogP contribution in [0.15, 0.2) is 70.2 Å². The van der Waals surface area contributed by atoms with Crippen molar-refractivity contribution >= 4 is 10.1 Å². The molecule has 2 unspecified atom stereocenters. The molecule has 0 amide bonds. The number of rotatable bonds is 12. The molecule has 10 heteroatoms. The summed E-state index contributed by atoms with van der Waals surface area (Å²) in [6.07, 6.45) is -11.4. The minimum absolute atomic E-state index is 0.0571. The summed E-state index contributed by atoms with van der Waals surface area (Å²) in [6, 6.07) is 19.9. The third kappa shape index (κ3) is 8.81. The molecule has 0 saturated carbocycles. The second-order valence-electron chi connectivity index (χ2n) is 14.2. The number of hydrogen-bond donors (Lipinski definition) is 0. The van der Waals surface area contributed by atoms with Gasteiger partial charge in [-0.3, -0.25) is 0 Å². The zero-order valence-corrected chi connectivity index (χ0v) is 32.4. The van der Waals surface area contributed by atoms with E-state index in [1.807, 2.05) is 98.7 Å². The Morgan fingerprint density at radius 1 is 0.633 bits per heavy atom. The minimum atomic E-state index is -6.06. The van der Waals surface area contributed by atoms with Crippen molar-refractivity contribution in [2.24, 2.45) is 3.50 Å². The van der Waals surface area contributed by atoms with Crippen molar-refractivity contribution in [1.82, 2.24) is 0 Å². The van der Waals surface area contributed by atoms with Gasteiger partial charge in [0.15, 0.2) is 0 Å². The maximum absolute atomic E-state index is 15.0. The molecule has 3 rings (SSSR count). The first-order valence-electron chi connectivity index (χ1n) is 16.8. The second-order valence-corrected chi connectivity index (χ2v) is 18.6. The molecule has 0 aliphatic rings. The molecule has 0 radical (unpaired) electrons. The number of halogens is 6. The van der Waals surface area contributed by atoms with E-state index >= 15 is 0 Å². The molecule has 0 aliphatic carbocycles. The average Bonchev–Trinajstić information content (AvgIpc) is 2.99. The monoisotopic (exact) mass is 777 g/mol. The molecule has 2 atom stereocenters. The van der Waals surface area contributed by atoms with Crippen LogP contribution >= 0.6 is 0 Å². The van der Waals surface area contributed by atoms with Gasteiger partial charge in [-0.1, -0.05) is 0 Å². The molecular weight excluding hydrogens is 724 g/mol. The predicted molar refractivity (Wildman–Crippen MR) is 184 cm³/mol. The van der Waals surface area contributed by atoms with Gasteiger partial charge in [-0.05, 0) is 0 Å². The molecule has 3 nitrogen and oxygen atoms in total. The molecule has 0 N–H and O–H groups in total. The summed E-state index contributed by atoms with van der Waals surface area (Å²) in [5, 5.41) is 0. The summed E-state index contributed by atoms with van der Waals surface area (Å²) < 4.78 is 109. The first-order valence-corrected chi connectivity index (χ1v) is 20.5. The van der Waals surface area contributed by atoms with E-state index < -0.39 is 39.5 Å². The van der Waals surface area contributed by atoms with Gasteiger partial charge in [0.2, 0.25) is 0 Å². The summed E-state index contributed by atoms with van der Waals surface area (Å²) in [7, 11) is 0. The van der Waals surface area contributed by atoms with Crippen LogP contribution in [0.25, 0.3) is 0 Å². The fraction of sp³-hybridized carbons (Fsp3) is 0.513. The third-order valence-electron chi connectivity index (χ3n) is 9.03. The Bertz CT molecular complexity index is 1630. The van der Waals surface area contributed by atoms with Crippen LogP contribution < -0.4 is 3.39 Å². The summed E-state index contributed by atoms with van der Waals surface area (Å²) in [6.45, 7) is 19.0. The molecule has 0 aliphatic heterocycles. The van der Waals surface area contributed by atoms with Crippen LogP contribution in [0.1, 0.15) is 134 Å². The normalized spacial score (nSPS) is 15.4. The van der Waals surface area contributed by atoms with Crippen LogP contribution in [0.2, 0.25) is 0 Å². The maximum atomic E-state index is 15.0. The number of hydrogen-bond acceptors (Lipinski definition) is 3. The van der Waals surface area contributed by atoms with Gasteiger partial charge in [0.1, 0.15) is 0 Å². The van der Waals surface area contributed by atoms with Gasteiger partial charge in [0, 0.05) is 0 Å². The molecule has 0 aromatic heterocycles. The fourth-order valence-electron chi connectivity index (χ4n) is 5.57. The SMILES string of the molecule is CCC(C)([CH]=[Mo](=[N]c1c(C(C)C)cccc1C(C)C)([O]c1c(C(C)C)cccc1C(C)C)[O]C(C)(C(F)(F)F)C(F)(F)F)c1ccccc1. The summed E-state index contributed by atoms with van der Waals surface area (Å²) >= 11 is -6.06. The van der Waals surface area contributed by atoms with E-state index in [0.29, 0.717) is 39.9 Å². The molecule has 0 bridgehead atoms. The number of alkyl halides is 6. The average molecular weight is 776 g/mol. The number of para-hydroxylation sites is 1. The van der Waals surface area contributed by atoms with E-state index in [-0.39, 0.29) is 36.3 Å². The van der Waals surface area contributed by atoms with Gasteiger partial charge in [-0.25, -0.2) is 0 Å². The molecule has 0 fully saturated rings. The molecule has 49 heavy (non-hydrogen) atoms. The van der Waals surface area contributed by atoms with Gasteiger partial charge in [-0.2, -0.15) is 0 Å². The second kappa shape index (κ2) is 15.3. The van der Waals surface area contributed by atoms with Gasteiger partial charge in [-0.15, -0.1) is 0 Å². The van der Waals surface area contributed by atoms with Crippen molar-refractivity contribution < 1.29 is 49.3 Å². The summed E-state index contributed by atoms with van der Waals surface area (Å²) in [4.78, 5) is 0. The van der Waals surface area contributed by atoms with E-state index in [1.165, 1.54) is 4.40 Å². The fourth-order valence-corrected chi connectivity index (χ4v) is 12.4. The Kier molecular flexibility index (Phi) is 12.7. The number of benzene rings is 3. The predicted octanol–water partition coefficient (Wildman–Crippen LogP) is 13.1. The van der Waals surface area contributed by atoms with Gasteiger partial charge >= 0.3 is 293 Å². The van der Waals surface area contributed by atoms with Crippen LogP contribution in [0.5, 0.6) is 5.75 Å². The van der Waals surface area contributed by atoms with Gasteiger partial charge in [0.25, 0.3) is 0 Å². The van der Waals surface area contributed by atoms with Crippen molar-refractivity contribution in [3.63, 3.8) is 0 Å². The third-order valence-corrected chi connectivity index (χ3v) is 14.5.